The van der Waals surface area contributed by atoms with Crippen LogP contribution in [0, 0.1) is 5.92 Å². The zero-order valence-electron chi connectivity index (χ0n) is 9.63. The van der Waals surface area contributed by atoms with Crippen LogP contribution in [-0.4, -0.2) is 59.2 Å². The number of nitrogens with zero attached hydrogens (tertiary/aromatic N) is 1. The Bertz CT molecular complexity index is 304. The third-order valence-electron chi connectivity index (χ3n) is 3.22. The van der Waals surface area contributed by atoms with Gasteiger partial charge in [-0.05, 0) is 24.3 Å². The number of carboxylic acids is 1. The molecule has 2 saturated heterocycles. The van der Waals surface area contributed by atoms with Gasteiger partial charge in [0.05, 0.1) is 13.2 Å². The van der Waals surface area contributed by atoms with Gasteiger partial charge in [0, 0.05) is 12.5 Å². The van der Waals surface area contributed by atoms with E-state index in [1.165, 1.54) is 0 Å². The van der Waals surface area contributed by atoms with Crippen LogP contribution in [0.25, 0.3) is 0 Å². The molecule has 1 amide bonds. The normalized spacial score (nSPS) is 26.8. The molecule has 0 aliphatic carbocycles. The molecule has 0 aromatic rings. The monoisotopic (exact) mass is 259 g/mol. The molecule has 5 nitrogen and oxygen atoms in total. The number of aliphatic carboxylic acids is 1. The summed E-state index contributed by atoms with van der Waals surface area (Å²) in [6.45, 7) is 1.04. The van der Waals surface area contributed by atoms with E-state index in [0.717, 1.165) is 24.3 Å². The number of carbonyl (C=O) groups excluding carboxylic acids is 1. The molecule has 2 fully saturated rings. The van der Waals surface area contributed by atoms with Crippen molar-refractivity contribution in [1.29, 1.82) is 0 Å². The largest absolute Gasteiger partial charge is 0.479 e. The summed E-state index contributed by atoms with van der Waals surface area (Å²) in [6.07, 6.45) is 0.975. The van der Waals surface area contributed by atoms with Crippen molar-refractivity contribution in [2.45, 2.75) is 18.9 Å². The summed E-state index contributed by atoms with van der Waals surface area (Å²) in [5, 5.41) is 8.88. The Kier molecular flexibility index (Phi) is 4.28. The molecule has 96 valence electrons. The average Bonchev–Trinajstić information content (AvgIpc) is 2.39. The Morgan fingerprint density at radius 2 is 2.00 bits per heavy atom. The minimum absolute atomic E-state index is 0.0868. The van der Waals surface area contributed by atoms with E-state index in [0.29, 0.717) is 13.2 Å². The third kappa shape index (κ3) is 3.13. The SMILES string of the molecule is O=C(O)[C@H]1CN(C(=O)C2CCSCC2)CCO1. The molecule has 2 rings (SSSR count). The maximum Gasteiger partial charge on any atom is 0.334 e. The maximum atomic E-state index is 12.2. The summed E-state index contributed by atoms with van der Waals surface area (Å²) in [5.74, 6) is 1.27. The predicted octanol–water partition coefficient (Wildman–Crippen LogP) is 0.442. The van der Waals surface area contributed by atoms with Gasteiger partial charge in [0.25, 0.3) is 0 Å². The first-order chi connectivity index (χ1) is 8.18. The van der Waals surface area contributed by atoms with Crippen molar-refractivity contribution in [1.82, 2.24) is 4.90 Å². The van der Waals surface area contributed by atoms with Gasteiger partial charge >= 0.3 is 5.97 Å². The molecule has 0 aromatic carbocycles. The van der Waals surface area contributed by atoms with Gasteiger partial charge in [0.15, 0.2) is 6.10 Å². The number of rotatable bonds is 2. The standard InChI is InChI=1S/C11H17NO4S/c13-10(8-1-5-17-6-2-8)12-3-4-16-9(7-12)11(14)15/h8-9H,1-7H2,(H,14,15)/t9-/m1/s1. The maximum absolute atomic E-state index is 12.2. The lowest BCUT2D eigenvalue weighted by molar-refractivity contribution is -0.160. The van der Waals surface area contributed by atoms with Crippen molar-refractivity contribution in [3.05, 3.63) is 0 Å². The van der Waals surface area contributed by atoms with Crippen LogP contribution in [0.1, 0.15) is 12.8 Å². The molecule has 0 saturated carbocycles. The summed E-state index contributed by atoms with van der Waals surface area (Å²) in [6, 6.07) is 0. The predicted molar refractivity (Wildman–Crippen MR) is 64.0 cm³/mol. The molecule has 0 spiro atoms. The Labute approximate surface area is 104 Å². The van der Waals surface area contributed by atoms with Crippen LogP contribution in [0.3, 0.4) is 0 Å². The molecule has 2 heterocycles. The van der Waals surface area contributed by atoms with Gasteiger partial charge < -0.3 is 14.7 Å². The van der Waals surface area contributed by atoms with Crippen LogP contribution in [-0.2, 0) is 14.3 Å². The minimum Gasteiger partial charge on any atom is -0.479 e. The quantitative estimate of drug-likeness (QED) is 0.779. The average molecular weight is 259 g/mol. The fourth-order valence-corrected chi connectivity index (χ4v) is 3.31. The van der Waals surface area contributed by atoms with Crippen LogP contribution in [0.4, 0.5) is 0 Å². The van der Waals surface area contributed by atoms with Crippen molar-refractivity contribution >= 4 is 23.6 Å². The number of carboxylic acid groups (broad SMARTS) is 1. The molecule has 1 N–H and O–H groups in total. The summed E-state index contributed by atoms with van der Waals surface area (Å²) < 4.78 is 5.11. The molecular weight excluding hydrogens is 242 g/mol. The summed E-state index contributed by atoms with van der Waals surface area (Å²) in [7, 11) is 0. The molecule has 0 radical (unpaired) electrons. The molecule has 0 bridgehead atoms. The molecule has 1 atom stereocenters. The van der Waals surface area contributed by atoms with Crippen LogP contribution in [0.2, 0.25) is 0 Å². The first kappa shape index (κ1) is 12.7. The lowest BCUT2D eigenvalue weighted by Crippen LogP contribution is -2.50. The first-order valence-corrected chi connectivity index (χ1v) is 7.05. The van der Waals surface area contributed by atoms with Crippen LogP contribution < -0.4 is 0 Å². The molecule has 2 aliphatic heterocycles. The Hall–Kier alpha value is -0.750. The van der Waals surface area contributed by atoms with E-state index in [9.17, 15) is 9.59 Å². The van der Waals surface area contributed by atoms with Gasteiger partial charge in [-0.1, -0.05) is 0 Å². The van der Waals surface area contributed by atoms with Crippen LogP contribution in [0.15, 0.2) is 0 Å². The lowest BCUT2D eigenvalue weighted by atomic mass is 10.0. The van der Waals surface area contributed by atoms with Crippen LogP contribution >= 0.6 is 11.8 Å². The zero-order valence-corrected chi connectivity index (χ0v) is 10.4. The highest BCUT2D eigenvalue weighted by atomic mass is 32.2. The molecule has 0 aromatic heterocycles. The van der Waals surface area contributed by atoms with Gasteiger partial charge in [0.2, 0.25) is 5.91 Å². The minimum atomic E-state index is -0.985. The van der Waals surface area contributed by atoms with Gasteiger partial charge in [-0.25, -0.2) is 4.79 Å². The lowest BCUT2D eigenvalue weighted by Gasteiger charge is -2.34. The molecular formula is C11H17NO4S. The number of hydrogen-bond acceptors (Lipinski definition) is 4. The zero-order chi connectivity index (χ0) is 12.3. The topological polar surface area (TPSA) is 66.8 Å². The Morgan fingerprint density at radius 1 is 1.29 bits per heavy atom. The van der Waals surface area contributed by atoms with E-state index < -0.39 is 12.1 Å². The number of ether oxygens (including phenoxy) is 1. The van der Waals surface area contributed by atoms with E-state index >= 15 is 0 Å². The highest BCUT2D eigenvalue weighted by Crippen LogP contribution is 2.25. The second-order valence-corrected chi connectivity index (χ2v) is 5.59. The van der Waals surface area contributed by atoms with Gasteiger partial charge in [-0.2, -0.15) is 11.8 Å². The highest BCUT2D eigenvalue weighted by Gasteiger charge is 2.32. The second kappa shape index (κ2) is 5.73. The summed E-state index contributed by atoms with van der Waals surface area (Å²) in [4.78, 5) is 24.7. The highest BCUT2D eigenvalue weighted by molar-refractivity contribution is 7.99. The van der Waals surface area contributed by atoms with Crippen molar-refractivity contribution in [3.63, 3.8) is 0 Å². The second-order valence-electron chi connectivity index (χ2n) is 4.37. The van der Waals surface area contributed by atoms with Gasteiger partial charge in [-0.3, -0.25) is 4.79 Å². The van der Waals surface area contributed by atoms with E-state index in [2.05, 4.69) is 0 Å². The number of hydrogen-bond donors (Lipinski definition) is 1. The van der Waals surface area contributed by atoms with Crippen molar-refractivity contribution < 1.29 is 19.4 Å². The van der Waals surface area contributed by atoms with E-state index in [1.54, 1.807) is 4.90 Å². The third-order valence-corrected chi connectivity index (χ3v) is 4.27. The number of morpholine rings is 1. The van der Waals surface area contributed by atoms with Crippen molar-refractivity contribution in [3.8, 4) is 0 Å². The van der Waals surface area contributed by atoms with Crippen molar-refractivity contribution in [2.75, 3.05) is 31.2 Å². The summed E-state index contributed by atoms with van der Waals surface area (Å²) in [5.41, 5.74) is 0. The number of carbonyl (C=O) groups is 2. The van der Waals surface area contributed by atoms with E-state index in [4.69, 9.17) is 9.84 Å². The van der Waals surface area contributed by atoms with Gasteiger partial charge in [-0.15, -0.1) is 0 Å². The Balaban J connectivity index is 1.91. The first-order valence-electron chi connectivity index (χ1n) is 5.89. The fraction of sp³-hybridized carbons (Fsp3) is 0.818. The van der Waals surface area contributed by atoms with E-state index in [1.807, 2.05) is 11.8 Å². The molecule has 17 heavy (non-hydrogen) atoms. The Morgan fingerprint density at radius 3 is 2.65 bits per heavy atom. The van der Waals surface area contributed by atoms with Gasteiger partial charge in [0.1, 0.15) is 0 Å². The number of thioether (sulfide) groups is 1. The molecule has 0 unspecified atom stereocenters. The van der Waals surface area contributed by atoms with Crippen LogP contribution in [0.5, 0.6) is 0 Å². The summed E-state index contributed by atoms with van der Waals surface area (Å²) >= 11 is 1.88. The van der Waals surface area contributed by atoms with Crippen molar-refractivity contribution in [2.24, 2.45) is 5.92 Å². The fourth-order valence-electron chi connectivity index (χ4n) is 2.20. The number of amides is 1. The van der Waals surface area contributed by atoms with E-state index in [-0.39, 0.29) is 18.4 Å². The smallest absolute Gasteiger partial charge is 0.334 e. The molecule has 6 heteroatoms. The molecule has 2 aliphatic rings.